The van der Waals surface area contributed by atoms with Crippen LogP contribution in [0.2, 0.25) is 0 Å². The van der Waals surface area contributed by atoms with Gasteiger partial charge in [0.05, 0.1) is 18.9 Å². The molecule has 0 saturated carbocycles. The van der Waals surface area contributed by atoms with Crippen LogP contribution in [0, 0.1) is 5.92 Å². The van der Waals surface area contributed by atoms with Crippen molar-refractivity contribution in [3.63, 3.8) is 0 Å². The Balaban J connectivity index is 5.68. The molecule has 0 aliphatic rings. The molecule has 16 heteroatoms. The largest absolute Gasteiger partial charge is 0.481 e. The van der Waals surface area contributed by atoms with Crippen molar-refractivity contribution < 1.29 is 44.1 Å². The molecule has 0 rings (SSSR count). The number of carbonyl (C=O) groups is 6. The lowest BCUT2D eigenvalue weighted by molar-refractivity contribution is -0.147. The summed E-state index contributed by atoms with van der Waals surface area (Å²) in [5.74, 6) is -7.97. The highest BCUT2D eigenvalue weighted by atomic mass is 16.4. The summed E-state index contributed by atoms with van der Waals surface area (Å²) in [6.45, 7) is 3.32. The van der Waals surface area contributed by atoms with E-state index in [1.165, 1.54) is 0 Å². The normalized spacial score (nSPS) is 14.1. The molecule has 0 radical (unpaired) electrons. The van der Waals surface area contributed by atoms with Crippen LogP contribution < -0.4 is 33.2 Å². The molecule has 0 aromatic carbocycles. The van der Waals surface area contributed by atoms with Gasteiger partial charge in [-0.05, 0) is 18.8 Å². The predicted molar refractivity (Wildman–Crippen MR) is 121 cm³/mol. The summed E-state index contributed by atoms with van der Waals surface area (Å²) in [7, 11) is 0. The third kappa shape index (κ3) is 12.8. The fourth-order valence-corrected chi connectivity index (χ4v) is 2.65. The maximum Gasteiger partial charge on any atom is 0.326 e. The molecule has 4 atom stereocenters. The van der Waals surface area contributed by atoms with E-state index in [0.29, 0.717) is 0 Å². The number of hydrogen-bond acceptors (Lipinski definition) is 8. The van der Waals surface area contributed by atoms with Crippen LogP contribution in [-0.2, 0) is 28.8 Å². The van der Waals surface area contributed by atoms with E-state index in [1.807, 2.05) is 5.32 Å². The minimum atomic E-state index is -1.80. The van der Waals surface area contributed by atoms with Crippen LogP contribution in [0.25, 0.3) is 0 Å². The minimum Gasteiger partial charge on any atom is -0.481 e. The Morgan fingerprint density at radius 2 is 1.23 bits per heavy atom. The number of aliphatic imine (C=N–C) groups is 1. The molecule has 16 nitrogen and oxygen atoms in total. The summed E-state index contributed by atoms with van der Waals surface area (Å²) in [6.07, 6.45) is -1.77. The standard InChI is InChI=1S/C19H33N7O9/c1-8(2)14(20)17(33)25-10(6-12(27)28)16(32)24-9(4-3-5-23-19(21)22)15(31)26-11(18(34)35)7-13(29)30/h8-11,14H,3-7,20H2,1-2H3,(H,24,32)(H,25,33)(H,26,31)(H,27,28)(H,29,30)(H,34,35)(H4,21,22,23). The Hall–Kier alpha value is -3.95. The molecule has 0 aliphatic carbocycles. The molecule has 0 aliphatic heterocycles. The molecule has 0 fully saturated rings. The lowest BCUT2D eigenvalue weighted by Gasteiger charge is -2.25. The van der Waals surface area contributed by atoms with Crippen LogP contribution in [0.5, 0.6) is 0 Å². The molecule has 0 spiro atoms. The van der Waals surface area contributed by atoms with E-state index in [-0.39, 0.29) is 31.3 Å². The number of amides is 3. The predicted octanol–water partition coefficient (Wildman–Crippen LogP) is -3.49. The summed E-state index contributed by atoms with van der Waals surface area (Å²) in [4.78, 5) is 74.8. The van der Waals surface area contributed by atoms with Crippen molar-refractivity contribution in [1.82, 2.24) is 16.0 Å². The second-order valence-corrected chi connectivity index (χ2v) is 7.94. The number of carboxylic acids is 3. The number of rotatable bonds is 16. The van der Waals surface area contributed by atoms with E-state index in [0.717, 1.165) is 0 Å². The van der Waals surface area contributed by atoms with Gasteiger partial charge >= 0.3 is 17.9 Å². The molecule has 3 amide bonds. The van der Waals surface area contributed by atoms with Crippen LogP contribution in [0.3, 0.4) is 0 Å². The lowest BCUT2D eigenvalue weighted by atomic mass is 10.0. The van der Waals surface area contributed by atoms with Gasteiger partial charge in [-0.3, -0.25) is 29.0 Å². The monoisotopic (exact) mass is 503 g/mol. The highest BCUT2D eigenvalue weighted by Gasteiger charge is 2.32. The molecule has 35 heavy (non-hydrogen) atoms. The van der Waals surface area contributed by atoms with E-state index < -0.39 is 72.6 Å². The fraction of sp³-hybridized carbons (Fsp3) is 0.632. The Morgan fingerprint density at radius 3 is 1.69 bits per heavy atom. The minimum absolute atomic E-state index is 0.0397. The quantitative estimate of drug-likeness (QED) is 0.0563. The fourth-order valence-electron chi connectivity index (χ4n) is 2.65. The second kappa shape index (κ2) is 15.0. The zero-order chi connectivity index (χ0) is 27.3. The van der Waals surface area contributed by atoms with Crippen molar-refractivity contribution >= 4 is 41.6 Å². The Morgan fingerprint density at radius 1 is 0.771 bits per heavy atom. The van der Waals surface area contributed by atoms with Gasteiger partial charge < -0.3 is 48.5 Å². The van der Waals surface area contributed by atoms with Gasteiger partial charge in [-0.2, -0.15) is 0 Å². The zero-order valence-corrected chi connectivity index (χ0v) is 19.4. The number of nitrogens with zero attached hydrogens (tertiary/aromatic N) is 1. The summed E-state index contributed by atoms with van der Waals surface area (Å²) in [6, 6.07) is -5.87. The molecule has 12 N–H and O–H groups in total. The summed E-state index contributed by atoms with van der Waals surface area (Å²) in [5.41, 5.74) is 16.2. The van der Waals surface area contributed by atoms with E-state index in [9.17, 15) is 28.8 Å². The first-order chi connectivity index (χ1) is 16.1. The van der Waals surface area contributed by atoms with Gasteiger partial charge in [-0.1, -0.05) is 13.8 Å². The van der Waals surface area contributed by atoms with Crippen LogP contribution in [0.15, 0.2) is 4.99 Å². The number of nitrogens with two attached hydrogens (primary N) is 3. The van der Waals surface area contributed by atoms with Crippen molar-refractivity contribution in [2.75, 3.05) is 6.54 Å². The molecule has 0 bridgehead atoms. The van der Waals surface area contributed by atoms with Gasteiger partial charge in [0.25, 0.3) is 0 Å². The van der Waals surface area contributed by atoms with Gasteiger partial charge in [0.2, 0.25) is 17.7 Å². The Kier molecular flexibility index (Phi) is 13.4. The van der Waals surface area contributed by atoms with E-state index >= 15 is 0 Å². The Bertz CT molecular complexity index is 827. The number of aliphatic carboxylic acids is 3. The number of carboxylic acid groups (broad SMARTS) is 3. The van der Waals surface area contributed by atoms with Gasteiger partial charge in [-0.15, -0.1) is 0 Å². The maximum atomic E-state index is 12.8. The first-order valence-corrected chi connectivity index (χ1v) is 10.5. The molecule has 4 unspecified atom stereocenters. The molecular weight excluding hydrogens is 470 g/mol. The summed E-state index contributed by atoms with van der Waals surface area (Å²) in [5, 5.41) is 33.6. The van der Waals surface area contributed by atoms with Crippen molar-refractivity contribution in [3.8, 4) is 0 Å². The Labute approximate surface area is 200 Å². The first kappa shape index (κ1) is 31.0. The topological polar surface area (TPSA) is 290 Å². The summed E-state index contributed by atoms with van der Waals surface area (Å²) >= 11 is 0. The van der Waals surface area contributed by atoms with Crippen molar-refractivity contribution in [1.29, 1.82) is 0 Å². The molecule has 0 aromatic heterocycles. The van der Waals surface area contributed by atoms with Crippen LogP contribution in [0.1, 0.15) is 39.5 Å². The average Bonchev–Trinajstić information content (AvgIpc) is 2.72. The molecule has 0 saturated heterocycles. The maximum absolute atomic E-state index is 12.8. The highest BCUT2D eigenvalue weighted by Crippen LogP contribution is 2.05. The van der Waals surface area contributed by atoms with Crippen molar-refractivity contribution in [2.24, 2.45) is 28.1 Å². The highest BCUT2D eigenvalue weighted by molar-refractivity contribution is 5.96. The lowest BCUT2D eigenvalue weighted by Crippen LogP contribution is -2.58. The number of carbonyl (C=O) groups excluding carboxylic acids is 3. The summed E-state index contributed by atoms with van der Waals surface area (Å²) < 4.78 is 0. The van der Waals surface area contributed by atoms with Crippen LogP contribution in [-0.4, -0.2) is 87.6 Å². The van der Waals surface area contributed by atoms with Gasteiger partial charge in [0.1, 0.15) is 18.1 Å². The SMILES string of the molecule is CC(C)C(N)C(=O)NC(CC(=O)O)C(=O)NC(CCCN=C(N)N)C(=O)NC(CC(=O)O)C(=O)O. The number of guanidine groups is 1. The number of nitrogens with one attached hydrogen (secondary N) is 3. The molecular formula is C19H33N7O9. The van der Waals surface area contributed by atoms with Gasteiger partial charge in [0, 0.05) is 6.54 Å². The zero-order valence-electron chi connectivity index (χ0n) is 19.4. The van der Waals surface area contributed by atoms with Crippen molar-refractivity contribution in [2.45, 2.75) is 63.7 Å². The van der Waals surface area contributed by atoms with E-state index in [1.54, 1.807) is 13.8 Å². The third-order valence-corrected chi connectivity index (χ3v) is 4.60. The smallest absolute Gasteiger partial charge is 0.326 e. The van der Waals surface area contributed by atoms with Crippen LogP contribution in [0.4, 0.5) is 0 Å². The van der Waals surface area contributed by atoms with E-state index in [4.69, 9.17) is 32.5 Å². The van der Waals surface area contributed by atoms with Crippen molar-refractivity contribution in [3.05, 3.63) is 0 Å². The number of hydrogen-bond donors (Lipinski definition) is 9. The molecule has 0 aromatic rings. The average molecular weight is 504 g/mol. The van der Waals surface area contributed by atoms with Gasteiger partial charge in [0.15, 0.2) is 5.96 Å². The van der Waals surface area contributed by atoms with E-state index in [2.05, 4.69) is 15.6 Å². The first-order valence-electron chi connectivity index (χ1n) is 10.5. The third-order valence-electron chi connectivity index (χ3n) is 4.60. The molecule has 0 heterocycles. The van der Waals surface area contributed by atoms with Crippen LogP contribution >= 0.6 is 0 Å². The second-order valence-electron chi connectivity index (χ2n) is 7.94. The molecule has 198 valence electrons. The van der Waals surface area contributed by atoms with Gasteiger partial charge in [-0.25, -0.2) is 4.79 Å².